The molecule has 2 rings (SSSR count). The quantitative estimate of drug-likeness (QED) is 0.815. The summed E-state index contributed by atoms with van der Waals surface area (Å²) in [6.45, 7) is 0. The minimum atomic E-state index is -2.86. The lowest BCUT2D eigenvalue weighted by atomic mass is 10.1. The Hall–Kier alpha value is -1.68. The molecule has 1 aromatic rings. The fourth-order valence-corrected chi connectivity index (χ4v) is 3.25. The first-order valence-corrected chi connectivity index (χ1v) is 7.11. The van der Waals surface area contributed by atoms with E-state index in [9.17, 15) is 8.42 Å². The summed E-state index contributed by atoms with van der Waals surface area (Å²) in [7, 11) is -2.86. The number of nitrogens with zero attached hydrogens (tertiary/aromatic N) is 3. The Labute approximate surface area is 99.6 Å². The number of hydrogen-bond donors (Lipinski definition) is 1. The summed E-state index contributed by atoms with van der Waals surface area (Å²) in [6.07, 6.45) is 2.54. The van der Waals surface area contributed by atoms with E-state index in [-0.39, 0.29) is 17.5 Å². The molecule has 1 fully saturated rings. The molecule has 0 amide bonds. The summed E-state index contributed by atoms with van der Waals surface area (Å²) in [6, 6.07) is 3.64. The lowest BCUT2D eigenvalue weighted by Gasteiger charge is -2.23. The summed E-state index contributed by atoms with van der Waals surface area (Å²) < 4.78 is 22.5. The molecular formula is C10H12N4O2S. The highest BCUT2D eigenvalue weighted by atomic mass is 32.2. The molecule has 0 aliphatic carbocycles. The molecule has 1 saturated heterocycles. The smallest absolute Gasteiger partial charge is 0.166 e. The Morgan fingerprint density at radius 3 is 2.76 bits per heavy atom. The molecule has 1 aliphatic rings. The largest absolute Gasteiger partial charge is 0.365 e. The van der Waals surface area contributed by atoms with E-state index in [0.717, 1.165) is 0 Å². The Morgan fingerprint density at radius 1 is 1.41 bits per heavy atom. The van der Waals surface area contributed by atoms with Crippen LogP contribution in [0, 0.1) is 11.3 Å². The molecule has 1 aliphatic heterocycles. The molecule has 0 radical (unpaired) electrons. The van der Waals surface area contributed by atoms with Gasteiger partial charge in [0.25, 0.3) is 0 Å². The van der Waals surface area contributed by atoms with Gasteiger partial charge in [0.1, 0.15) is 15.9 Å². The highest BCUT2D eigenvalue weighted by Gasteiger charge is 2.24. The molecule has 0 atom stereocenters. The van der Waals surface area contributed by atoms with Crippen molar-refractivity contribution in [1.82, 2.24) is 10.2 Å². The average molecular weight is 252 g/mol. The SMILES string of the molecule is N#Cc1ccnnc1NC1CCS(=O)(=O)CC1. The van der Waals surface area contributed by atoms with Crippen LogP contribution in [-0.2, 0) is 9.84 Å². The van der Waals surface area contributed by atoms with Crippen molar-refractivity contribution in [3.05, 3.63) is 17.8 Å². The van der Waals surface area contributed by atoms with Gasteiger partial charge in [-0.3, -0.25) is 0 Å². The van der Waals surface area contributed by atoms with Crippen LogP contribution in [0.15, 0.2) is 12.3 Å². The van der Waals surface area contributed by atoms with Crippen molar-refractivity contribution in [2.75, 3.05) is 16.8 Å². The maximum Gasteiger partial charge on any atom is 0.166 e. The van der Waals surface area contributed by atoms with Gasteiger partial charge in [-0.05, 0) is 18.9 Å². The second-order valence-corrected chi connectivity index (χ2v) is 6.28. The summed E-state index contributed by atoms with van der Waals surface area (Å²) in [5.74, 6) is 0.805. The van der Waals surface area contributed by atoms with Gasteiger partial charge in [0, 0.05) is 6.04 Å². The zero-order valence-corrected chi connectivity index (χ0v) is 9.94. The highest BCUT2D eigenvalue weighted by Crippen LogP contribution is 2.18. The number of nitrogens with one attached hydrogen (secondary N) is 1. The van der Waals surface area contributed by atoms with Crippen molar-refractivity contribution in [2.24, 2.45) is 0 Å². The molecule has 2 heterocycles. The Balaban J connectivity index is 2.05. The van der Waals surface area contributed by atoms with Crippen LogP contribution in [0.3, 0.4) is 0 Å². The van der Waals surface area contributed by atoms with Crippen LogP contribution in [0.2, 0.25) is 0 Å². The Morgan fingerprint density at radius 2 is 2.12 bits per heavy atom. The van der Waals surface area contributed by atoms with Crippen molar-refractivity contribution in [1.29, 1.82) is 5.26 Å². The standard InChI is InChI=1S/C10H12N4O2S/c11-7-8-1-4-12-14-10(8)13-9-2-5-17(15,16)6-3-9/h1,4,9H,2-3,5-6H2,(H,13,14). The Kier molecular flexibility index (Phi) is 3.24. The van der Waals surface area contributed by atoms with Crippen LogP contribution in [0.5, 0.6) is 0 Å². The molecule has 0 saturated carbocycles. The molecular weight excluding hydrogens is 240 g/mol. The topological polar surface area (TPSA) is 95.7 Å². The first-order valence-electron chi connectivity index (χ1n) is 5.29. The summed E-state index contributed by atoms with van der Waals surface area (Å²) in [5, 5.41) is 19.5. The summed E-state index contributed by atoms with van der Waals surface area (Å²) in [4.78, 5) is 0. The maximum absolute atomic E-state index is 11.3. The van der Waals surface area contributed by atoms with Crippen LogP contribution >= 0.6 is 0 Å². The van der Waals surface area contributed by atoms with Crippen molar-refractivity contribution >= 4 is 15.7 Å². The molecule has 1 aromatic heterocycles. The first kappa shape index (κ1) is 11.8. The van der Waals surface area contributed by atoms with Crippen molar-refractivity contribution in [2.45, 2.75) is 18.9 Å². The molecule has 0 bridgehead atoms. The van der Waals surface area contributed by atoms with E-state index in [4.69, 9.17) is 5.26 Å². The second kappa shape index (κ2) is 4.67. The summed E-state index contributed by atoms with van der Waals surface area (Å²) >= 11 is 0. The molecule has 17 heavy (non-hydrogen) atoms. The minimum Gasteiger partial charge on any atom is -0.365 e. The van der Waals surface area contributed by atoms with E-state index in [0.29, 0.717) is 24.2 Å². The predicted molar refractivity (Wildman–Crippen MR) is 62.0 cm³/mol. The van der Waals surface area contributed by atoms with Gasteiger partial charge in [0.2, 0.25) is 0 Å². The van der Waals surface area contributed by atoms with E-state index >= 15 is 0 Å². The zero-order valence-electron chi connectivity index (χ0n) is 9.13. The molecule has 1 N–H and O–H groups in total. The van der Waals surface area contributed by atoms with Crippen LogP contribution in [0.4, 0.5) is 5.82 Å². The maximum atomic E-state index is 11.3. The molecule has 0 spiro atoms. The predicted octanol–water partition coefficient (Wildman–Crippen LogP) is 0.337. The fraction of sp³-hybridized carbons (Fsp3) is 0.500. The van der Waals surface area contributed by atoms with Crippen LogP contribution < -0.4 is 5.32 Å². The van der Waals surface area contributed by atoms with Gasteiger partial charge in [-0.15, -0.1) is 5.10 Å². The van der Waals surface area contributed by atoms with Gasteiger partial charge < -0.3 is 5.32 Å². The molecule has 6 nitrogen and oxygen atoms in total. The van der Waals surface area contributed by atoms with Crippen molar-refractivity contribution < 1.29 is 8.42 Å². The monoisotopic (exact) mass is 252 g/mol. The zero-order chi connectivity index (χ0) is 12.3. The van der Waals surface area contributed by atoms with Gasteiger partial charge in [-0.2, -0.15) is 10.4 Å². The van der Waals surface area contributed by atoms with E-state index in [1.54, 1.807) is 6.07 Å². The number of anilines is 1. The number of nitriles is 1. The van der Waals surface area contributed by atoms with E-state index in [1.165, 1.54) is 6.20 Å². The molecule has 90 valence electrons. The number of hydrogen-bond acceptors (Lipinski definition) is 6. The van der Waals surface area contributed by atoms with Crippen LogP contribution in [-0.4, -0.2) is 36.2 Å². The minimum absolute atomic E-state index is 0.0438. The second-order valence-electron chi connectivity index (χ2n) is 3.98. The highest BCUT2D eigenvalue weighted by molar-refractivity contribution is 7.91. The van der Waals surface area contributed by atoms with Gasteiger partial charge in [-0.1, -0.05) is 0 Å². The van der Waals surface area contributed by atoms with Crippen LogP contribution in [0.25, 0.3) is 0 Å². The number of sulfone groups is 1. The lowest BCUT2D eigenvalue weighted by molar-refractivity contribution is 0.558. The average Bonchev–Trinajstić information content (AvgIpc) is 2.32. The molecule has 0 aromatic carbocycles. The lowest BCUT2D eigenvalue weighted by Crippen LogP contribution is -2.32. The third-order valence-corrected chi connectivity index (χ3v) is 4.45. The van der Waals surface area contributed by atoms with E-state index < -0.39 is 9.84 Å². The van der Waals surface area contributed by atoms with Gasteiger partial charge in [0.15, 0.2) is 5.82 Å². The van der Waals surface area contributed by atoms with E-state index in [1.807, 2.05) is 6.07 Å². The number of rotatable bonds is 2. The Bertz CT molecular complexity index is 536. The van der Waals surface area contributed by atoms with Gasteiger partial charge >= 0.3 is 0 Å². The molecule has 0 unspecified atom stereocenters. The van der Waals surface area contributed by atoms with Gasteiger partial charge in [-0.25, -0.2) is 8.42 Å². The third kappa shape index (κ3) is 2.91. The van der Waals surface area contributed by atoms with Crippen molar-refractivity contribution in [3.8, 4) is 6.07 Å². The normalized spacial score (nSPS) is 19.5. The van der Waals surface area contributed by atoms with E-state index in [2.05, 4.69) is 15.5 Å². The molecule has 7 heteroatoms. The summed E-state index contributed by atoms with van der Waals surface area (Å²) in [5.41, 5.74) is 0.424. The van der Waals surface area contributed by atoms with Crippen molar-refractivity contribution in [3.63, 3.8) is 0 Å². The van der Waals surface area contributed by atoms with Crippen LogP contribution in [0.1, 0.15) is 18.4 Å². The van der Waals surface area contributed by atoms with Gasteiger partial charge in [0.05, 0.1) is 23.3 Å². The third-order valence-electron chi connectivity index (χ3n) is 2.74. The first-order chi connectivity index (χ1) is 8.11. The number of aromatic nitrogens is 2. The fourth-order valence-electron chi connectivity index (χ4n) is 1.76.